The summed E-state index contributed by atoms with van der Waals surface area (Å²) in [4.78, 5) is 14.2. The van der Waals surface area contributed by atoms with E-state index in [0.29, 0.717) is 6.42 Å². The molecule has 4 heteroatoms. The van der Waals surface area contributed by atoms with Crippen LogP contribution in [0.5, 0.6) is 5.75 Å². The maximum absolute atomic E-state index is 11.6. The number of carbonyl (C=O) groups excluding carboxylic acids is 1. The lowest BCUT2D eigenvalue weighted by molar-refractivity contribution is -0.116. The summed E-state index contributed by atoms with van der Waals surface area (Å²) < 4.78 is 5.95. The number of amides is 1. The molecule has 0 spiro atoms. The van der Waals surface area contributed by atoms with E-state index in [0.717, 1.165) is 42.7 Å². The average molecular weight is 397 g/mol. The Balaban J connectivity index is 1.17. The molecule has 1 aromatic rings. The summed E-state index contributed by atoms with van der Waals surface area (Å²) in [5.41, 5.74) is 2.13. The van der Waals surface area contributed by atoms with Gasteiger partial charge in [-0.2, -0.15) is 0 Å². The van der Waals surface area contributed by atoms with Crippen LogP contribution in [0.3, 0.4) is 0 Å². The number of likely N-dealkylation sites (tertiary alicyclic amines) is 1. The van der Waals surface area contributed by atoms with Gasteiger partial charge in [-0.25, -0.2) is 0 Å². The minimum Gasteiger partial charge on any atom is -0.494 e. The molecule has 2 atom stereocenters. The topological polar surface area (TPSA) is 41.6 Å². The largest absolute Gasteiger partial charge is 0.494 e. The zero-order valence-corrected chi connectivity index (χ0v) is 17.7. The fourth-order valence-electron chi connectivity index (χ4n) is 5.07. The number of benzene rings is 1. The van der Waals surface area contributed by atoms with Crippen LogP contribution in [0, 0.1) is 11.8 Å². The number of hydrogen-bond donors (Lipinski definition) is 1. The number of carbonyl (C=O) groups is 1. The van der Waals surface area contributed by atoms with Crippen molar-refractivity contribution < 1.29 is 9.53 Å². The summed E-state index contributed by atoms with van der Waals surface area (Å²) in [6.45, 7) is 4.43. The quantitative estimate of drug-likeness (QED) is 0.531. The predicted octanol–water partition coefficient (Wildman–Crippen LogP) is 5.19. The van der Waals surface area contributed by atoms with Crippen molar-refractivity contribution in [1.82, 2.24) is 4.90 Å². The number of hydrogen-bond acceptors (Lipinski definition) is 3. The number of ether oxygens (including phenoxy) is 1. The van der Waals surface area contributed by atoms with E-state index in [1.807, 2.05) is 12.1 Å². The highest BCUT2D eigenvalue weighted by Crippen LogP contribution is 2.31. The molecule has 0 bridgehead atoms. The highest BCUT2D eigenvalue weighted by molar-refractivity contribution is 5.94. The highest BCUT2D eigenvalue weighted by Gasteiger charge is 2.27. The molecule has 1 N–H and O–H groups in total. The van der Waals surface area contributed by atoms with Crippen molar-refractivity contribution in [3.8, 4) is 5.75 Å². The standard InChI is InChI=1S/C25H36N2O2/c28-25-13-11-21-10-12-23(18-24(21)26-25)29-17-7-6-15-27-16-14-20-8-4-2-1-3-5-9-22(20)19-27/h5,9-10,12,18,20,22H,1-4,6-8,11,13-17,19H2,(H,26,28)/b9-5-. The minimum atomic E-state index is 0.105. The number of unbranched alkanes of at least 4 members (excludes halogenated alkanes) is 1. The SMILES string of the molecule is O=C1CCc2ccc(OCCCCN3CCC4CCCCC/C=C\C4C3)cc2N1. The Morgan fingerprint density at radius 1 is 1.10 bits per heavy atom. The summed E-state index contributed by atoms with van der Waals surface area (Å²) in [6, 6.07) is 6.09. The first-order chi connectivity index (χ1) is 14.3. The molecule has 2 unspecified atom stereocenters. The van der Waals surface area contributed by atoms with Gasteiger partial charge in [0.05, 0.1) is 6.61 Å². The normalized spacial score (nSPS) is 26.3. The number of piperidine rings is 1. The third-order valence-electron chi connectivity index (χ3n) is 6.83. The summed E-state index contributed by atoms with van der Waals surface area (Å²) in [5.74, 6) is 2.65. The third-order valence-corrected chi connectivity index (χ3v) is 6.83. The minimum absolute atomic E-state index is 0.105. The zero-order chi connectivity index (χ0) is 19.9. The van der Waals surface area contributed by atoms with E-state index in [2.05, 4.69) is 28.4 Å². The lowest BCUT2D eigenvalue weighted by Crippen LogP contribution is -2.40. The van der Waals surface area contributed by atoms with Gasteiger partial charge in [-0.05, 0) is 81.5 Å². The van der Waals surface area contributed by atoms with Gasteiger partial charge in [0.1, 0.15) is 5.75 Å². The molecule has 4 nitrogen and oxygen atoms in total. The lowest BCUT2D eigenvalue weighted by Gasteiger charge is -2.37. The zero-order valence-electron chi connectivity index (χ0n) is 17.7. The van der Waals surface area contributed by atoms with Crippen LogP contribution in [-0.2, 0) is 11.2 Å². The van der Waals surface area contributed by atoms with E-state index < -0.39 is 0 Å². The van der Waals surface area contributed by atoms with Gasteiger partial charge in [0.25, 0.3) is 0 Å². The van der Waals surface area contributed by atoms with Crippen molar-refractivity contribution in [1.29, 1.82) is 0 Å². The Labute approximate surface area is 175 Å². The molecule has 2 heterocycles. The summed E-state index contributed by atoms with van der Waals surface area (Å²) in [5, 5.41) is 2.95. The van der Waals surface area contributed by atoms with Crippen LogP contribution in [-0.4, -0.2) is 37.0 Å². The number of allylic oxidation sites excluding steroid dienone is 1. The van der Waals surface area contributed by atoms with Gasteiger partial charge in [0.15, 0.2) is 0 Å². The molecular weight excluding hydrogens is 360 g/mol. The molecule has 29 heavy (non-hydrogen) atoms. The average Bonchev–Trinajstić information content (AvgIpc) is 2.85. The molecule has 1 fully saturated rings. The molecule has 2 aliphatic heterocycles. The first kappa shape index (κ1) is 20.5. The fourth-order valence-corrected chi connectivity index (χ4v) is 5.07. The van der Waals surface area contributed by atoms with Crippen LogP contribution in [0.4, 0.5) is 5.69 Å². The Morgan fingerprint density at radius 3 is 3.03 bits per heavy atom. The molecular formula is C25H36N2O2. The number of nitrogens with zero attached hydrogens (tertiary/aromatic N) is 1. The van der Waals surface area contributed by atoms with Crippen molar-refractivity contribution in [2.24, 2.45) is 11.8 Å². The van der Waals surface area contributed by atoms with Gasteiger partial charge < -0.3 is 15.0 Å². The Morgan fingerprint density at radius 2 is 2.07 bits per heavy atom. The van der Waals surface area contributed by atoms with E-state index in [9.17, 15) is 4.79 Å². The van der Waals surface area contributed by atoms with Crippen LogP contribution in [0.25, 0.3) is 0 Å². The number of rotatable bonds is 6. The molecule has 158 valence electrons. The summed E-state index contributed by atoms with van der Waals surface area (Å²) in [6.07, 6.45) is 16.9. The second-order valence-corrected chi connectivity index (χ2v) is 9.00. The molecule has 0 radical (unpaired) electrons. The number of aryl methyl sites for hydroxylation is 1. The maximum Gasteiger partial charge on any atom is 0.224 e. The molecule has 3 aliphatic rings. The van der Waals surface area contributed by atoms with E-state index in [1.54, 1.807) is 0 Å². The molecule has 0 aromatic heterocycles. The van der Waals surface area contributed by atoms with Gasteiger partial charge in [0, 0.05) is 24.7 Å². The van der Waals surface area contributed by atoms with E-state index in [-0.39, 0.29) is 5.91 Å². The lowest BCUT2D eigenvalue weighted by atomic mass is 9.82. The highest BCUT2D eigenvalue weighted by atomic mass is 16.5. The van der Waals surface area contributed by atoms with Gasteiger partial charge in [0.2, 0.25) is 5.91 Å². The van der Waals surface area contributed by atoms with Crippen LogP contribution in [0.15, 0.2) is 30.4 Å². The van der Waals surface area contributed by atoms with E-state index in [1.165, 1.54) is 70.1 Å². The molecule has 4 rings (SSSR count). The fraction of sp³-hybridized carbons (Fsp3) is 0.640. The van der Waals surface area contributed by atoms with Crippen molar-refractivity contribution >= 4 is 11.6 Å². The molecule has 0 saturated carbocycles. The van der Waals surface area contributed by atoms with Crippen molar-refractivity contribution in [2.75, 3.05) is 31.6 Å². The maximum atomic E-state index is 11.6. The van der Waals surface area contributed by atoms with Crippen molar-refractivity contribution in [2.45, 2.75) is 64.2 Å². The summed E-state index contributed by atoms with van der Waals surface area (Å²) in [7, 11) is 0. The number of anilines is 1. The third kappa shape index (κ3) is 5.85. The second-order valence-electron chi connectivity index (χ2n) is 9.00. The number of nitrogens with one attached hydrogen (secondary N) is 1. The van der Waals surface area contributed by atoms with Crippen molar-refractivity contribution in [3.05, 3.63) is 35.9 Å². The number of fused-ring (bicyclic) bond motifs is 2. The second kappa shape index (κ2) is 10.3. The van der Waals surface area contributed by atoms with Gasteiger partial charge in [-0.1, -0.05) is 31.1 Å². The van der Waals surface area contributed by atoms with Crippen LogP contribution in [0.2, 0.25) is 0 Å². The molecule has 1 saturated heterocycles. The van der Waals surface area contributed by atoms with E-state index in [4.69, 9.17) is 4.74 Å². The predicted molar refractivity (Wildman–Crippen MR) is 118 cm³/mol. The Bertz CT molecular complexity index is 715. The first-order valence-electron chi connectivity index (χ1n) is 11.7. The molecule has 1 aromatic carbocycles. The van der Waals surface area contributed by atoms with Crippen LogP contribution in [0.1, 0.15) is 63.4 Å². The van der Waals surface area contributed by atoms with Crippen LogP contribution >= 0.6 is 0 Å². The summed E-state index contributed by atoms with van der Waals surface area (Å²) >= 11 is 0. The van der Waals surface area contributed by atoms with Gasteiger partial charge in [-0.15, -0.1) is 0 Å². The van der Waals surface area contributed by atoms with Crippen LogP contribution < -0.4 is 10.1 Å². The van der Waals surface area contributed by atoms with Gasteiger partial charge >= 0.3 is 0 Å². The molecule has 1 amide bonds. The van der Waals surface area contributed by atoms with Crippen molar-refractivity contribution in [3.63, 3.8) is 0 Å². The van der Waals surface area contributed by atoms with Gasteiger partial charge in [-0.3, -0.25) is 4.79 Å². The monoisotopic (exact) mass is 396 g/mol. The first-order valence-corrected chi connectivity index (χ1v) is 11.7. The Hall–Kier alpha value is -1.81. The Kier molecular flexibility index (Phi) is 7.26. The molecule has 1 aliphatic carbocycles. The smallest absolute Gasteiger partial charge is 0.224 e. The van der Waals surface area contributed by atoms with E-state index >= 15 is 0 Å².